The average Bonchev–Trinajstić information content (AvgIpc) is 3.74. The van der Waals surface area contributed by atoms with Crippen molar-refractivity contribution in [2.24, 2.45) is 17.6 Å². The minimum atomic E-state index is -0.766. The number of rotatable bonds is 4. The molecule has 9 fully saturated rings. The van der Waals surface area contributed by atoms with E-state index in [1.807, 2.05) is 0 Å². The molecule has 3 unspecified atom stereocenters. The van der Waals surface area contributed by atoms with Crippen molar-refractivity contribution in [1.29, 1.82) is 0 Å². The number of aliphatic hydroxyl groups excluding tert-OH is 1. The Kier molecular flexibility index (Phi) is 10.5. The second-order valence-corrected chi connectivity index (χ2v) is 17.8. The van der Waals surface area contributed by atoms with Crippen LogP contribution in [-0.2, 0) is 47.4 Å². The molecule has 9 heterocycles. The zero-order valence-corrected chi connectivity index (χ0v) is 31.5. The maximum Gasteiger partial charge on any atom is 0.172 e. The Morgan fingerprint density at radius 1 is 0.792 bits per heavy atom. The van der Waals surface area contributed by atoms with Crippen molar-refractivity contribution in [3.05, 3.63) is 24.3 Å². The molecule has 10 bridgehead atoms. The summed E-state index contributed by atoms with van der Waals surface area (Å²) in [5, 5.41) is 10.6. The fourth-order valence-corrected chi connectivity index (χ4v) is 11.5. The fourth-order valence-electron chi connectivity index (χ4n) is 11.5. The van der Waals surface area contributed by atoms with Gasteiger partial charge in [0.25, 0.3) is 0 Å². The first-order valence-corrected chi connectivity index (χ1v) is 20.7. The van der Waals surface area contributed by atoms with Gasteiger partial charge >= 0.3 is 0 Å². The third-order valence-electron chi connectivity index (χ3n) is 14.2. The van der Waals surface area contributed by atoms with Crippen molar-refractivity contribution >= 4 is 5.78 Å². The first kappa shape index (κ1) is 37.3. The number of methoxy groups -OCH3 is 1. The first-order chi connectivity index (χ1) is 25.6. The van der Waals surface area contributed by atoms with E-state index in [0.29, 0.717) is 25.7 Å². The second kappa shape index (κ2) is 14.9. The van der Waals surface area contributed by atoms with Gasteiger partial charge in [-0.25, -0.2) is 0 Å². The average molecular weight is 744 g/mol. The Bertz CT molecular complexity index is 1400. The van der Waals surface area contributed by atoms with Gasteiger partial charge < -0.3 is 53.5 Å². The van der Waals surface area contributed by atoms with E-state index in [9.17, 15) is 9.90 Å². The minimum Gasteiger partial charge on any atom is -0.392 e. The van der Waals surface area contributed by atoms with E-state index in [1.165, 1.54) is 0 Å². The molecule has 9 saturated heterocycles. The number of hydrogen-bond donors (Lipinski definition) is 2. The van der Waals surface area contributed by atoms with Gasteiger partial charge in [-0.3, -0.25) is 4.79 Å². The minimum absolute atomic E-state index is 0.0141. The van der Waals surface area contributed by atoms with Gasteiger partial charge in [-0.1, -0.05) is 20.1 Å². The molecule has 296 valence electrons. The fraction of sp³-hybridized carbons (Fsp3) is 0.878. The van der Waals surface area contributed by atoms with Gasteiger partial charge in [-0.2, -0.15) is 0 Å². The van der Waals surface area contributed by atoms with Gasteiger partial charge in [0.15, 0.2) is 5.79 Å². The highest BCUT2D eigenvalue weighted by Crippen LogP contribution is 2.52. The normalized spacial score (nSPS) is 51.8. The molecule has 19 atom stereocenters. The van der Waals surface area contributed by atoms with E-state index in [0.717, 1.165) is 62.5 Å². The smallest absolute Gasteiger partial charge is 0.172 e. The molecule has 53 heavy (non-hydrogen) atoms. The molecule has 0 aromatic rings. The van der Waals surface area contributed by atoms with Crippen LogP contribution in [0, 0.1) is 11.8 Å². The standard InChI is InChI=1S/C41H61NO11/c1-20-11-25-5-7-29-21(2)12-27(46-29)9-10-41-18-36-33(52-41)17-35-39(51-36)40(53-41)38-30(49-35)8-6-26(48-38)13-23(43)14-28-32(16-31(47-25)22(20)3)50-34(37(28)45-4)15-24(44)19-42/h20,24-40,44H,2-3,5-19,42H2,1,4H3/t20-,24?,25+,26-,27+,28+,29?,30+,31-,32?,33-,34-,35+,36-,37-,38+,39-,40+,41+/m1/s1. The number of carbonyl (C=O) groups is 1. The number of fused-ring (bicyclic) bond motifs is 6. The SMILES string of the molecule is C=C1C[C@@H]2CC[C@@]34C[C@H]5O[C@H]6[C@@H](O3)[C@H]3O[C@H](CC[C@@H]3O[C@H]6C[C@H]5O4)CC(=O)C[C@H]3C(C[C@H]4O[C@@H](CCC1O2)C[C@@H](C)C4=C)O[C@H](CC(O)CN)[C@@H]3OC. The summed E-state index contributed by atoms with van der Waals surface area (Å²) in [5.74, 6) is -0.607. The lowest BCUT2D eigenvalue weighted by atomic mass is 9.81. The van der Waals surface area contributed by atoms with Crippen molar-refractivity contribution in [3.8, 4) is 0 Å². The van der Waals surface area contributed by atoms with E-state index < -0.39 is 18.0 Å². The molecule has 0 saturated carbocycles. The monoisotopic (exact) mass is 743 g/mol. The highest BCUT2D eigenvalue weighted by Gasteiger charge is 2.64. The zero-order valence-electron chi connectivity index (χ0n) is 31.5. The van der Waals surface area contributed by atoms with Crippen molar-refractivity contribution in [2.75, 3.05) is 13.7 Å². The van der Waals surface area contributed by atoms with Crippen LogP contribution < -0.4 is 5.73 Å². The molecule has 0 radical (unpaired) electrons. The maximum absolute atomic E-state index is 14.1. The van der Waals surface area contributed by atoms with E-state index in [2.05, 4.69) is 20.1 Å². The van der Waals surface area contributed by atoms with Crippen molar-refractivity contribution in [2.45, 2.75) is 200 Å². The number of nitrogens with two attached hydrogens (primary N) is 1. The summed E-state index contributed by atoms with van der Waals surface area (Å²) in [6.45, 7) is 11.3. The van der Waals surface area contributed by atoms with Crippen molar-refractivity contribution in [1.82, 2.24) is 0 Å². The third kappa shape index (κ3) is 7.15. The quantitative estimate of drug-likeness (QED) is 0.404. The molecule has 0 aromatic heterocycles. The maximum atomic E-state index is 14.1. The van der Waals surface area contributed by atoms with Crippen LogP contribution in [0.2, 0.25) is 0 Å². The lowest BCUT2D eigenvalue weighted by molar-refractivity contribution is -0.366. The van der Waals surface area contributed by atoms with Crippen LogP contribution in [0.1, 0.15) is 96.8 Å². The van der Waals surface area contributed by atoms with Crippen LogP contribution in [0.25, 0.3) is 0 Å². The number of Topliss-reactive ketones (excluding diaryl/α,β-unsaturated/α-hetero) is 1. The second-order valence-electron chi connectivity index (χ2n) is 17.8. The Labute approximate surface area is 313 Å². The number of ether oxygens (including phenoxy) is 9. The summed E-state index contributed by atoms with van der Waals surface area (Å²) in [7, 11) is 1.66. The molecular formula is C41H61NO11. The van der Waals surface area contributed by atoms with Crippen LogP contribution in [0.3, 0.4) is 0 Å². The molecule has 3 N–H and O–H groups in total. The van der Waals surface area contributed by atoms with Gasteiger partial charge in [0, 0.05) is 64.5 Å². The van der Waals surface area contributed by atoms with Crippen LogP contribution in [-0.4, -0.2) is 128 Å². The van der Waals surface area contributed by atoms with Gasteiger partial charge in [-0.05, 0) is 62.0 Å². The zero-order chi connectivity index (χ0) is 36.6. The summed E-state index contributed by atoms with van der Waals surface area (Å²) in [6, 6.07) is 0. The Morgan fingerprint density at radius 2 is 1.58 bits per heavy atom. The van der Waals surface area contributed by atoms with E-state index in [-0.39, 0.29) is 122 Å². The predicted octanol–water partition coefficient (Wildman–Crippen LogP) is 3.83. The van der Waals surface area contributed by atoms with Crippen LogP contribution in [0.15, 0.2) is 24.3 Å². The predicted molar refractivity (Wildman–Crippen MR) is 191 cm³/mol. The Hall–Kier alpha value is -1.29. The summed E-state index contributed by atoms with van der Waals surface area (Å²) in [5.41, 5.74) is 8.02. The lowest BCUT2D eigenvalue weighted by Crippen LogP contribution is -2.67. The van der Waals surface area contributed by atoms with Gasteiger partial charge in [0.1, 0.15) is 24.1 Å². The molecule has 12 nitrogen and oxygen atoms in total. The van der Waals surface area contributed by atoms with Crippen molar-refractivity contribution in [3.63, 3.8) is 0 Å². The highest BCUT2D eigenvalue weighted by molar-refractivity contribution is 5.79. The van der Waals surface area contributed by atoms with Gasteiger partial charge in [0.2, 0.25) is 0 Å². The summed E-state index contributed by atoms with van der Waals surface area (Å²) in [6.07, 6.45) is 5.96. The summed E-state index contributed by atoms with van der Waals surface area (Å²) >= 11 is 0. The molecular weight excluding hydrogens is 682 g/mol. The van der Waals surface area contributed by atoms with Gasteiger partial charge in [0.05, 0.1) is 79.4 Å². The topological polar surface area (TPSA) is 146 Å². The van der Waals surface area contributed by atoms with Crippen LogP contribution in [0.5, 0.6) is 0 Å². The molecule has 0 aromatic carbocycles. The largest absolute Gasteiger partial charge is 0.392 e. The van der Waals surface area contributed by atoms with E-state index >= 15 is 0 Å². The summed E-state index contributed by atoms with van der Waals surface area (Å²) < 4.78 is 60.3. The number of hydrogen-bond acceptors (Lipinski definition) is 12. The number of aliphatic hydroxyl groups is 1. The van der Waals surface area contributed by atoms with E-state index in [4.69, 9.17) is 48.4 Å². The molecule has 0 amide bonds. The van der Waals surface area contributed by atoms with Crippen LogP contribution in [0.4, 0.5) is 0 Å². The van der Waals surface area contributed by atoms with Gasteiger partial charge in [-0.15, -0.1) is 0 Å². The molecule has 12 heteroatoms. The lowest BCUT2D eigenvalue weighted by Gasteiger charge is -2.54. The Balaban J connectivity index is 0.996. The molecule has 9 rings (SSSR count). The first-order valence-electron chi connectivity index (χ1n) is 20.7. The van der Waals surface area contributed by atoms with E-state index in [1.54, 1.807) is 7.11 Å². The summed E-state index contributed by atoms with van der Waals surface area (Å²) in [4.78, 5) is 14.1. The molecule has 0 aliphatic carbocycles. The van der Waals surface area contributed by atoms with Crippen LogP contribution >= 0.6 is 0 Å². The molecule has 9 aliphatic heterocycles. The van der Waals surface area contributed by atoms with Crippen molar-refractivity contribution < 1.29 is 52.5 Å². The number of ketones is 1. The highest BCUT2D eigenvalue weighted by atomic mass is 16.8. The molecule has 9 aliphatic rings. The molecule has 1 spiro atoms. The third-order valence-corrected chi connectivity index (χ3v) is 14.2. The number of carbonyl (C=O) groups excluding carboxylic acids is 1. The Morgan fingerprint density at radius 3 is 2.42 bits per heavy atom.